The standard InChI is InChI=1S/C17H15F6NO2S/c1-17(2,3)24(27(25,26)9-7-5-4-6-8-9)16(23)10-11(18)13(20)15(22)14(21)12(10)19/h4-8,16H,1-3H3. The van der Waals surface area contributed by atoms with Gasteiger partial charge in [-0.2, -0.15) is 4.31 Å². The first-order valence-electron chi connectivity index (χ1n) is 7.56. The van der Waals surface area contributed by atoms with E-state index in [2.05, 4.69) is 0 Å². The average molecular weight is 411 g/mol. The molecule has 0 aliphatic rings. The number of benzene rings is 2. The molecular formula is C17H15F6NO2S. The fourth-order valence-corrected chi connectivity index (χ4v) is 4.28. The molecule has 0 aliphatic carbocycles. The number of nitrogens with zero attached hydrogens (tertiary/aromatic N) is 1. The lowest BCUT2D eigenvalue weighted by atomic mass is 10.1. The van der Waals surface area contributed by atoms with Crippen LogP contribution in [0, 0.1) is 29.1 Å². The topological polar surface area (TPSA) is 37.4 Å². The van der Waals surface area contributed by atoms with Crippen LogP contribution in [-0.2, 0) is 10.0 Å². The molecule has 27 heavy (non-hydrogen) atoms. The molecule has 0 spiro atoms. The number of sulfonamides is 1. The van der Waals surface area contributed by atoms with Crippen molar-refractivity contribution in [1.29, 1.82) is 0 Å². The van der Waals surface area contributed by atoms with E-state index in [1.807, 2.05) is 0 Å². The summed E-state index contributed by atoms with van der Waals surface area (Å²) in [6.07, 6.45) is -3.17. The van der Waals surface area contributed by atoms with Gasteiger partial charge in [0.2, 0.25) is 15.8 Å². The largest absolute Gasteiger partial charge is 0.246 e. The van der Waals surface area contributed by atoms with Gasteiger partial charge in [0.25, 0.3) is 0 Å². The molecule has 2 aromatic rings. The maximum atomic E-state index is 15.1. The van der Waals surface area contributed by atoms with Gasteiger partial charge in [-0.05, 0) is 32.9 Å². The zero-order valence-electron chi connectivity index (χ0n) is 14.4. The number of alkyl halides is 1. The Kier molecular flexibility index (Phi) is 5.63. The van der Waals surface area contributed by atoms with E-state index in [0.29, 0.717) is 0 Å². The molecule has 2 rings (SSSR count). The molecule has 1 unspecified atom stereocenters. The zero-order valence-corrected chi connectivity index (χ0v) is 15.2. The normalized spacial score (nSPS) is 13.9. The molecule has 0 saturated carbocycles. The van der Waals surface area contributed by atoms with Gasteiger partial charge < -0.3 is 0 Å². The van der Waals surface area contributed by atoms with Crippen LogP contribution in [-0.4, -0.2) is 18.3 Å². The van der Waals surface area contributed by atoms with Crippen LogP contribution in [0.5, 0.6) is 0 Å². The van der Waals surface area contributed by atoms with Crippen LogP contribution in [0.1, 0.15) is 32.6 Å². The van der Waals surface area contributed by atoms with Crippen molar-refractivity contribution in [1.82, 2.24) is 4.31 Å². The van der Waals surface area contributed by atoms with E-state index in [0.717, 1.165) is 12.1 Å². The third kappa shape index (κ3) is 3.68. The second-order valence-electron chi connectivity index (χ2n) is 6.60. The molecule has 0 heterocycles. The van der Waals surface area contributed by atoms with Crippen molar-refractivity contribution in [3.63, 3.8) is 0 Å². The summed E-state index contributed by atoms with van der Waals surface area (Å²) in [5.41, 5.74) is -3.48. The molecule has 0 aromatic heterocycles. The van der Waals surface area contributed by atoms with Crippen LogP contribution in [0.3, 0.4) is 0 Å². The summed E-state index contributed by atoms with van der Waals surface area (Å²) in [4.78, 5) is -0.411. The number of hydrogen-bond donors (Lipinski definition) is 0. The zero-order chi connectivity index (χ0) is 20.7. The smallest absolute Gasteiger partial charge is 0.223 e. The van der Waals surface area contributed by atoms with E-state index in [1.165, 1.54) is 39.0 Å². The van der Waals surface area contributed by atoms with Gasteiger partial charge in [-0.15, -0.1) is 0 Å². The molecule has 0 amide bonds. The molecule has 1 atom stereocenters. The highest BCUT2D eigenvalue weighted by Crippen LogP contribution is 2.39. The van der Waals surface area contributed by atoms with Crippen LogP contribution in [0.15, 0.2) is 35.2 Å². The summed E-state index contributed by atoms with van der Waals surface area (Å²) in [6, 6.07) is 6.37. The molecule has 148 valence electrons. The minimum absolute atomic E-state index is 0.0631. The van der Waals surface area contributed by atoms with Gasteiger partial charge in [-0.3, -0.25) is 0 Å². The molecule has 0 N–H and O–H groups in total. The lowest BCUT2D eigenvalue weighted by Crippen LogP contribution is -2.47. The highest BCUT2D eigenvalue weighted by atomic mass is 32.2. The first-order chi connectivity index (χ1) is 12.3. The first-order valence-corrected chi connectivity index (χ1v) is 9.00. The summed E-state index contributed by atoms with van der Waals surface area (Å²) < 4.78 is 109. The van der Waals surface area contributed by atoms with Gasteiger partial charge in [0, 0.05) is 5.54 Å². The molecular weight excluding hydrogens is 396 g/mol. The van der Waals surface area contributed by atoms with Gasteiger partial charge in [0.05, 0.1) is 10.5 Å². The number of hydrogen-bond acceptors (Lipinski definition) is 2. The Morgan fingerprint density at radius 2 is 1.22 bits per heavy atom. The second-order valence-corrected chi connectivity index (χ2v) is 8.42. The van der Waals surface area contributed by atoms with Crippen molar-refractivity contribution in [3.05, 3.63) is 65.0 Å². The molecule has 0 bridgehead atoms. The van der Waals surface area contributed by atoms with Crippen LogP contribution in [0.25, 0.3) is 0 Å². The Morgan fingerprint density at radius 1 is 0.815 bits per heavy atom. The van der Waals surface area contributed by atoms with E-state index in [1.54, 1.807) is 0 Å². The van der Waals surface area contributed by atoms with E-state index in [9.17, 15) is 30.4 Å². The third-order valence-electron chi connectivity index (χ3n) is 3.65. The predicted octanol–water partition coefficient (Wildman–Crippen LogP) is 4.84. The molecule has 0 radical (unpaired) electrons. The summed E-state index contributed by atoms with van der Waals surface area (Å²) in [6.45, 7) is 3.64. The highest BCUT2D eigenvalue weighted by Gasteiger charge is 2.44. The summed E-state index contributed by atoms with van der Waals surface area (Å²) in [5, 5.41) is 0. The van der Waals surface area contributed by atoms with Crippen molar-refractivity contribution < 1.29 is 34.8 Å². The molecule has 10 heteroatoms. The van der Waals surface area contributed by atoms with Crippen molar-refractivity contribution in [3.8, 4) is 0 Å². The SMILES string of the molecule is CC(C)(C)N(C(F)c1c(F)c(F)c(F)c(F)c1F)S(=O)(=O)c1ccccc1. The Balaban J connectivity index is 2.75. The van der Waals surface area contributed by atoms with Crippen molar-refractivity contribution >= 4 is 10.0 Å². The van der Waals surface area contributed by atoms with Gasteiger partial charge in [-0.25, -0.2) is 34.8 Å². The summed E-state index contributed by atoms with van der Waals surface area (Å²) in [5.74, 6) is -12.1. The van der Waals surface area contributed by atoms with Gasteiger partial charge in [0.1, 0.15) is 0 Å². The van der Waals surface area contributed by atoms with Crippen LogP contribution in [0.2, 0.25) is 0 Å². The molecule has 3 nitrogen and oxygen atoms in total. The van der Waals surface area contributed by atoms with Crippen LogP contribution < -0.4 is 0 Å². The Labute approximate surface area is 152 Å². The number of halogens is 6. The van der Waals surface area contributed by atoms with Gasteiger partial charge in [-0.1, -0.05) is 18.2 Å². The maximum absolute atomic E-state index is 15.1. The van der Waals surface area contributed by atoms with Crippen LogP contribution in [0.4, 0.5) is 26.3 Å². The van der Waals surface area contributed by atoms with E-state index in [-0.39, 0.29) is 4.31 Å². The lowest BCUT2D eigenvalue weighted by molar-refractivity contribution is 0.0821. The number of rotatable bonds is 4. The fraction of sp³-hybridized carbons (Fsp3) is 0.294. The minimum Gasteiger partial charge on any atom is -0.223 e. The maximum Gasteiger partial charge on any atom is 0.246 e. The lowest BCUT2D eigenvalue weighted by Gasteiger charge is -2.37. The molecule has 0 saturated heterocycles. The molecule has 2 aromatic carbocycles. The summed E-state index contributed by atoms with van der Waals surface area (Å²) >= 11 is 0. The summed E-state index contributed by atoms with van der Waals surface area (Å²) in [7, 11) is -4.69. The quantitative estimate of drug-likeness (QED) is 0.313. The van der Waals surface area contributed by atoms with Crippen molar-refractivity contribution in [2.75, 3.05) is 0 Å². The van der Waals surface area contributed by atoms with E-state index in [4.69, 9.17) is 0 Å². The minimum atomic E-state index is -4.69. The molecule has 0 fully saturated rings. The Bertz CT molecular complexity index is 929. The third-order valence-corrected chi connectivity index (χ3v) is 5.77. The van der Waals surface area contributed by atoms with Gasteiger partial charge >= 0.3 is 0 Å². The van der Waals surface area contributed by atoms with E-state index < -0.39 is 61.4 Å². The second kappa shape index (κ2) is 7.16. The Morgan fingerprint density at radius 3 is 1.63 bits per heavy atom. The van der Waals surface area contributed by atoms with E-state index >= 15 is 4.39 Å². The highest BCUT2D eigenvalue weighted by molar-refractivity contribution is 7.89. The monoisotopic (exact) mass is 411 g/mol. The average Bonchev–Trinajstić information content (AvgIpc) is 2.57. The van der Waals surface area contributed by atoms with Crippen LogP contribution >= 0.6 is 0 Å². The Hall–Kier alpha value is -2.07. The molecule has 0 aliphatic heterocycles. The van der Waals surface area contributed by atoms with Crippen molar-refractivity contribution in [2.24, 2.45) is 0 Å². The van der Waals surface area contributed by atoms with Crippen molar-refractivity contribution in [2.45, 2.75) is 37.5 Å². The van der Waals surface area contributed by atoms with Gasteiger partial charge in [0.15, 0.2) is 29.6 Å². The fourth-order valence-electron chi connectivity index (χ4n) is 2.48. The predicted molar refractivity (Wildman–Crippen MR) is 85.3 cm³/mol. The first kappa shape index (κ1) is 21.2.